The Hall–Kier alpha value is -1.61. The normalized spacial score (nSPS) is 12.6. The molecule has 2 rings (SSSR count). The summed E-state index contributed by atoms with van der Waals surface area (Å²) >= 11 is 0. The highest BCUT2D eigenvalue weighted by molar-refractivity contribution is 5.18. The molecule has 0 saturated heterocycles. The first-order valence-electron chi connectivity index (χ1n) is 6.05. The van der Waals surface area contributed by atoms with Crippen LogP contribution in [-0.4, -0.2) is 9.78 Å². The van der Waals surface area contributed by atoms with Gasteiger partial charge in [-0.2, -0.15) is 5.10 Å². The number of benzene rings is 1. The lowest BCUT2D eigenvalue weighted by atomic mass is 10.0. The lowest BCUT2D eigenvalue weighted by Crippen LogP contribution is -2.10. The molecule has 2 aromatic rings. The molecular weight excluding hydrogens is 210 g/mol. The van der Waals surface area contributed by atoms with E-state index in [0.717, 1.165) is 25.0 Å². The first kappa shape index (κ1) is 11.9. The van der Waals surface area contributed by atoms with E-state index in [0.29, 0.717) is 0 Å². The molecule has 90 valence electrons. The van der Waals surface area contributed by atoms with Gasteiger partial charge in [-0.1, -0.05) is 30.3 Å². The minimum absolute atomic E-state index is 0.139. The highest BCUT2D eigenvalue weighted by Crippen LogP contribution is 2.16. The number of hydrogen-bond donors (Lipinski definition) is 1. The second kappa shape index (κ2) is 5.64. The Kier molecular flexibility index (Phi) is 3.94. The monoisotopic (exact) mass is 229 g/mol. The molecule has 0 spiro atoms. The molecular formula is C14H19N3. The summed E-state index contributed by atoms with van der Waals surface area (Å²) in [7, 11) is 1.94. The van der Waals surface area contributed by atoms with E-state index in [1.165, 1.54) is 5.56 Å². The molecule has 17 heavy (non-hydrogen) atoms. The van der Waals surface area contributed by atoms with Crippen molar-refractivity contribution in [3.8, 4) is 0 Å². The molecule has 1 unspecified atom stereocenters. The van der Waals surface area contributed by atoms with E-state index in [9.17, 15) is 0 Å². The van der Waals surface area contributed by atoms with Crippen LogP contribution in [0.2, 0.25) is 0 Å². The molecule has 3 heteroatoms. The second-order valence-corrected chi connectivity index (χ2v) is 4.39. The molecule has 0 aliphatic rings. The van der Waals surface area contributed by atoms with E-state index < -0.39 is 0 Å². The second-order valence-electron chi connectivity index (χ2n) is 4.39. The van der Waals surface area contributed by atoms with Crippen LogP contribution in [0, 0.1) is 0 Å². The fraction of sp³-hybridized carbons (Fsp3) is 0.357. The van der Waals surface area contributed by atoms with E-state index >= 15 is 0 Å². The van der Waals surface area contributed by atoms with Crippen molar-refractivity contribution in [1.29, 1.82) is 0 Å². The SMILES string of the molecule is Cn1ccc(CCCC(N)c2ccccc2)n1. The molecule has 0 saturated carbocycles. The van der Waals surface area contributed by atoms with Gasteiger partial charge in [-0.15, -0.1) is 0 Å². The van der Waals surface area contributed by atoms with Gasteiger partial charge in [-0.25, -0.2) is 0 Å². The zero-order chi connectivity index (χ0) is 12.1. The minimum Gasteiger partial charge on any atom is -0.324 e. The van der Waals surface area contributed by atoms with E-state index in [-0.39, 0.29) is 6.04 Å². The Morgan fingerprint density at radius 3 is 2.65 bits per heavy atom. The van der Waals surface area contributed by atoms with E-state index in [1.54, 1.807) is 0 Å². The highest BCUT2D eigenvalue weighted by atomic mass is 15.2. The van der Waals surface area contributed by atoms with E-state index in [1.807, 2.05) is 36.1 Å². The lowest BCUT2D eigenvalue weighted by molar-refractivity contribution is 0.602. The summed E-state index contributed by atoms with van der Waals surface area (Å²) in [6.07, 6.45) is 5.06. The molecule has 0 bridgehead atoms. The van der Waals surface area contributed by atoms with Crippen LogP contribution in [0.4, 0.5) is 0 Å². The van der Waals surface area contributed by atoms with Gasteiger partial charge in [-0.3, -0.25) is 4.68 Å². The largest absolute Gasteiger partial charge is 0.324 e. The zero-order valence-electron chi connectivity index (χ0n) is 10.2. The fourth-order valence-electron chi connectivity index (χ4n) is 1.97. The Bertz CT molecular complexity index is 448. The summed E-state index contributed by atoms with van der Waals surface area (Å²) in [4.78, 5) is 0. The quantitative estimate of drug-likeness (QED) is 0.855. The average Bonchev–Trinajstić information content (AvgIpc) is 2.76. The van der Waals surface area contributed by atoms with Crippen molar-refractivity contribution in [1.82, 2.24) is 9.78 Å². The molecule has 3 nitrogen and oxygen atoms in total. The molecule has 1 aromatic heterocycles. The number of nitrogens with two attached hydrogens (primary N) is 1. The van der Waals surface area contributed by atoms with Gasteiger partial charge >= 0.3 is 0 Å². The van der Waals surface area contributed by atoms with Crippen molar-refractivity contribution in [2.24, 2.45) is 12.8 Å². The van der Waals surface area contributed by atoms with Gasteiger partial charge in [0.1, 0.15) is 0 Å². The molecule has 0 aliphatic heterocycles. The molecule has 0 radical (unpaired) electrons. The molecule has 2 N–H and O–H groups in total. The third-order valence-corrected chi connectivity index (χ3v) is 2.94. The van der Waals surface area contributed by atoms with Crippen LogP contribution < -0.4 is 5.73 Å². The van der Waals surface area contributed by atoms with Crippen LogP contribution in [0.5, 0.6) is 0 Å². The summed E-state index contributed by atoms with van der Waals surface area (Å²) < 4.78 is 1.84. The Morgan fingerprint density at radius 2 is 2.00 bits per heavy atom. The average molecular weight is 229 g/mol. The first-order chi connectivity index (χ1) is 8.25. The van der Waals surface area contributed by atoms with Crippen molar-refractivity contribution >= 4 is 0 Å². The summed E-state index contributed by atoms with van der Waals surface area (Å²) in [6, 6.07) is 12.5. The van der Waals surface area contributed by atoms with Crippen LogP contribution in [-0.2, 0) is 13.5 Å². The van der Waals surface area contributed by atoms with Crippen molar-refractivity contribution < 1.29 is 0 Å². The Morgan fingerprint density at radius 1 is 1.24 bits per heavy atom. The number of hydrogen-bond acceptors (Lipinski definition) is 2. The van der Waals surface area contributed by atoms with Crippen LogP contribution in [0.15, 0.2) is 42.6 Å². The maximum atomic E-state index is 6.14. The summed E-state index contributed by atoms with van der Waals surface area (Å²) in [5.41, 5.74) is 8.50. The summed E-state index contributed by atoms with van der Waals surface area (Å²) in [6.45, 7) is 0. The van der Waals surface area contributed by atoms with Gasteiger partial charge in [0.05, 0.1) is 5.69 Å². The minimum atomic E-state index is 0.139. The summed E-state index contributed by atoms with van der Waals surface area (Å²) in [5.74, 6) is 0. The third kappa shape index (κ3) is 3.43. The standard InChI is InChI=1S/C14H19N3/c1-17-11-10-13(16-17)8-5-9-14(15)12-6-3-2-4-7-12/h2-4,6-7,10-11,14H,5,8-9,15H2,1H3. The van der Waals surface area contributed by atoms with Gasteiger partial charge in [0, 0.05) is 19.3 Å². The lowest BCUT2D eigenvalue weighted by Gasteiger charge is -2.10. The highest BCUT2D eigenvalue weighted by Gasteiger charge is 2.05. The van der Waals surface area contributed by atoms with E-state index in [2.05, 4.69) is 23.3 Å². The molecule has 1 heterocycles. The Balaban J connectivity index is 1.79. The predicted octanol–water partition coefficient (Wildman–Crippen LogP) is 2.44. The number of aromatic nitrogens is 2. The fourth-order valence-corrected chi connectivity index (χ4v) is 1.97. The molecule has 1 atom stereocenters. The predicted molar refractivity (Wildman–Crippen MR) is 69.5 cm³/mol. The van der Waals surface area contributed by atoms with Gasteiger partial charge in [0.2, 0.25) is 0 Å². The zero-order valence-corrected chi connectivity index (χ0v) is 10.2. The van der Waals surface area contributed by atoms with Crippen LogP contribution >= 0.6 is 0 Å². The van der Waals surface area contributed by atoms with E-state index in [4.69, 9.17) is 5.73 Å². The van der Waals surface area contributed by atoms with Gasteiger partial charge in [0.15, 0.2) is 0 Å². The maximum absolute atomic E-state index is 6.14. The van der Waals surface area contributed by atoms with Gasteiger partial charge in [-0.05, 0) is 30.9 Å². The van der Waals surface area contributed by atoms with Crippen LogP contribution in [0.3, 0.4) is 0 Å². The molecule has 0 aliphatic carbocycles. The first-order valence-corrected chi connectivity index (χ1v) is 6.05. The smallest absolute Gasteiger partial charge is 0.0624 e. The van der Waals surface area contributed by atoms with Gasteiger partial charge < -0.3 is 5.73 Å². The Labute approximate surface area is 102 Å². The molecule has 0 amide bonds. The topological polar surface area (TPSA) is 43.8 Å². The maximum Gasteiger partial charge on any atom is 0.0624 e. The molecule has 0 fully saturated rings. The van der Waals surface area contributed by atoms with Crippen LogP contribution in [0.25, 0.3) is 0 Å². The number of nitrogens with zero attached hydrogens (tertiary/aromatic N) is 2. The number of aryl methyl sites for hydroxylation is 2. The van der Waals surface area contributed by atoms with Crippen LogP contribution in [0.1, 0.15) is 30.1 Å². The van der Waals surface area contributed by atoms with Gasteiger partial charge in [0.25, 0.3) is 0 Å². The number of rotatable bonds is 5. The molecule has 1 aromatic carbocycles. The third-order valence-electron chi connectivity index (χ3n) is 2.94. The van der Waals surface area contributed by atoms with Crippen molar-refractivity contribution in [2.45, 2.75) is 25.3 Å². The van der Waals surface area contributed by atoms with Crippen molar-refractivity contribution in [2.75, 3.05) is 0 Å². The van der Waals surface area contributed by atoms with Crippen molar-refractivity contribution in [3.63, 3.8) is 0 Å². The van der Waals surface area contributed by atoms with Crippen molar-refractivity contribution in [3.05, 3.63) is 53.9 Å². The summed E-state index contributed by atoms with van der Waals surface area (Å²) in [5, 5.41) is 4.36.